The number of non-ortho nitro benzene ring substituents is 1. The molecule has 1 amide bonds. The number of benzene rings is 1. The van der Waals surface area contributed by atoms with Crippen LogP contribution in [-0.4, -0.2) is 34.5 Å². The number of rotatable bonds is 5. The largest absolute Gasteiger partial charge is 0.504 e. The molecule has 0 saturated carbocycles. The van der Waals surface area contributed by atoms with Crippen molar-refractivity contribution in [2.75, 3.05) is 6.61 Å². The minimum Gasteiger partial charge on any atom is -0.504 e. The van der Waals surface area contributed by atoms with E-state index < -0.39 is 16.6 Å². The summed E-state index contributed by atoms with van der Waals surface area (Å²) < 4.78 is 10.1. The summed E-state index contributed by atoms with van der Waals surface area (Å²) >= 11 is 0. The standard InChI is InChI=1S/C14H19N3O6/c1-5-22-11-7-10(17(20)21)6-9(12(11)18)8-15-16-13(19)23-14(2,3)4/h6-8,18H,5H2,1-4H3,(H,16,19). The van der Waals surface area contributed by atoms with Crippen molar-refractivity contribution in [2.45, 2.75) is 33.3 Å². The van der Waals surface area contributed by atoms with Gasteiger partial charge >= 0.3 is 6.09 Å². The summed E-state index contributed by atoms with van der Waals surface area (Å²) in [5.74, 6) is -0.354. The predicted octanol–water partition coefficient (Wildman–Crippen LogP) is 2.56. The van der Waals surface area contributed by atoms with Crippen LogP contribution in [0.3, 0.4) is 0 Å². The molecule has 0 aliphatic rings. The van der Waals surface area contributed by atoms with Crippen LogP contribution in [0.25, 0.3) is 0 Å². The average molecular weight is 325 g/mol. The zero-order chi connectivity index (χ0) is 17.6. The molecule has 0 bridgehead atoms. The first-order valence-electron chi connectivity index (χ1n) is 6.80. The Hall–Kier alpha value is -2.84. The Kier molecular flexibility index (Phi) is 5.88. The van der Waals surface area contributed by atoms with Gasteiger partial charge in [0.15, 0.2) is 11.5 Å². The summed E-state index contributed by atoms with van der Waals surface area (Å²) in [5, 5.41) is 24.5. The molecule has 0 saturated heterocycles. The number of nitro groups is 1. The predicted molar refractivity (Wildman–Crippen MR) is 82.9 cm³/mol. The smallest absolute Gasteiger partial charge is 0.428 e. The zero-order valence-electron chi connectivity index (χ0n) is 13.3. The maximum Gasteiger partial charge on any atom is 0.428 e. The second-order valence-electron chi connectivity index (χ2n) is 5.44. The van der Waals surface area contributed by atoms with Gasteiger partial charge in [0.2, 0.25) is 0 Å². The van der Waals surface area contributed by atoms with Crippen molar-refractivity contribution < 1.29 is 24.3 Å². The molecule has 0 aromatic heterocycles. The second kappa shape index (κ2) is 7.43. The van der Waals surface area contributed by atoms with E-state index in [2.05, 4.69) is 10.5 Å². The fourth-order valence-corrected chi connectivity index (χ4v) is 1.54. The van der Waals surface area contributed by atoms with Gasteiger partial charge in [-0.2, -0.15) is 5.10 Å². The highest BCUT2D eigenvalue weighted by atomic mass is 16.6. The van der Waals surface area contributed by atoms with Crippen LogP contribution in [0.1, 0.15) is 33.3 Å². The van der Waals surface area contributed by atoms with Gasteiger partial charge in [-0.15, -0.1) is 0 Å². The van der Waals surface area contributed by atoms with Crippen LogP contribution >= 0.6 is 0 Å². The molecule has 23 heavy (non-hydrogen) atoms. The number of phenolic OH excluding ortho intramolecular Hbond substituents is 1. The summed E-state index contributed by atoms with van der Waals surface area (Å²) in [5.41, 5.74) is 1.17. The number of phenols is 1. The van der Waals surface area contributed by atoms with Crippen LogP contribution in [-0.2, 0) is 4.74 Å². The number of carbonyl (C=O) groups is 1. The molecule has 0 radical (unpaired) electrons. The number of nitro benzene ring substituents is 1. The molecule has 9 heteroatoms. The molecule has 1 aromatic rings. The number of nitrogens with zero attached hydrogens (tertiary/aromatic N) is 2. The van der Waals surface area contributed by atoms with Crippen molar-refractivity contribution >= 4 is 18.0 Å². The number of hydrazone groups is 1. The van der Waals surface area contributed by atoms with E-state index in [9.17, 15) is 20.0 Å². The lowest BCUT2D eigenvalue weighted by molar-refractivity contribution is -0.385. The maximum absolute atomic E-state index is 11.4. The molecule has 0 unspecified atom stereocenters. The molecule has 0 aliphatic carbocycles. The van der Waals surface area contributed by atoms with Gasteiger partial charge in [0.05, 0.1) is 23.8 Å². The van der Waals surface area contributed by atoms with Crippen LogP contribution in [0.5, 0.6) is 11.5 Å². The Morgan fingerprint density at radius 2 is 2.13 bits per heavy atom. The minimum absolute atomic E-state index is 0.0266. The summed E-state index contributed by atoms with van der Waals surface area (Å²) in [4.78, 5) is 21.7. The molecular formula is C14H19N3O6. The average Bonchev–Trinajstić information content (AvgIpc) is 2.40. The Bertz CT molecular complexity index is 622. The molecule has 0 atom stereocenters. The number of carbonyl (C=O) groups excluding carboxylic acids is 1. The number of hydrogen-bond donors (Lipinski definition) is 2. The third-order valence-corrected chi connectivity index (χ3v) is 2.36. The first-order chi connectivity index (χ1) is 10.6. The van der Waals surface area contributed by atoms with Crippen molar-refractivity contribution in [1.29, 1.82) is 0 Å². The molecule has 9 nitrogen and oxygen atoms in total. The second-order valence-corrected chi connectivity index (χ2v) is 5.44. The fraction of sp³-hybridized carbons (Fsp3) is 0.429. The van der Waals surface area contributed by atoms with Crippen LogP contribution in [0.4, 0.5) is 10.5 Å². The van der Waals surface area contributed by atoms with Crippen molar-refractivity contribution in [2.24, 2.45) is 5.10 Å². The third kappa shape index (κ3) is 5.81. The number of nitrogens with one attached hydrogen (secondary N) is 1. The SMILES string of the molecule is CCOc1cc([N+](=O)[O-])cc(C=NNC(=O)OC(C)(C)C)c1O. The van der Waals surface area contributed by atoms with E-state index in [1.807, 2.05) is 0 Å². The molecule has 1 aromatic carbocycles. The Balaban J connectivity index is 2.96. The lowest BCUT2D eigenvalue weighted by atomic mass is 10.1. The van der Waals surface area contributed by atoms with Crippen molar-refractivity contribution in [3.05, 3.63) is 27.8 Å². The van der Waals surface area contributed by atoms with Crippen LogP contribution in [0, 0.1) is 10.1 Å². The lowest BCUT2D eigenvalue weighted by Gasteiger charge is -2.18. The van der Waals surface area contributed by atoms with E-state index in [0.717, 1.165) is 18.3 Å². The van der Waals surface area contributed by atoms with Gasteiger partial charge in [-0.1, -0.05) is 0 Å². The highest BCUT2D eigenvalue weighted by molar-refractivity contribution is 5.87. The molecule has 126 valence electrons. The fourth-order valence-electron chi connectivity index (χ4n) is 1.54. The zero-order valence-corrected chi connectivity index (χ0v) is 13.3. The summed E-state index contributed by atoms with van der Waals surface area (Å²) in [6.07, 6.45) is 0.276. The van der Waals surface area contributed by atoms with E-state index in [-0.39, 0.29) is 29.4 Å². The summed E-state index contributed by atoms with van der Waals surface area (Å²) in [7, 11) is 0. The Morgan fingerprint density at radius 3 is 2.65 bits per heavy atom. The van der Waals surface area contributed by atoms with E-state index in [4.69, 9.17) is 9.47 Å². The number of hydrogen-bond acceptors (Lipinski definition) is 7. The van der Waals surface area contributed by atoms with Crippen molar-refractivity contribution in [1.82, 2.24) is 5.43 Å². The van der Waals surface area contributed by atoms with Gasteiger partial charge in [0, 0.05) is 11.6 Å². The highest BCUT2D eigenvalue weighted by Crippen LogP contribution is 2.33. The van der Waals surface area contributed by atoms with Crippen LogP contribution in [0.15, 0.2) is 17.2 Å². The van der Waals surface area contributed by atoms with Gasteiger partial charge in [0.1, 0.15) is 5.60 Å². The molecule has 1 rings (SSSR count). The third-order valence-electron chi connectivity index (χ3n) is 2.36. The molecule has 2 N–H and O–H groups in total. The van der Waals surface area contributed by atoms with Crippen LogP contribution in [0.2, 0.25) is 0 Å². The van der Waals surface area contributed by atoms with Gasteiger partial charge in [0.25, 0.3) is 5.69 Å². The molecule has 0 aliphatic heterocycles. The number of ether oxygens (including phenoxy) is 2. The van der Waals surface area contributed by atoms with E-state index >= 15 is 0 Å². The quantitative estimate of drug-likeness (QED) is 0.487. The molecule has 0 fully saturated rings. The summed E-state index contributed by atoms with van der Waals surface area (Å²) in [6.45, 7) is 6.97. The number of aromatic hydroxyl groups is 1. The van der Waals surface area contributed by atoms with E-state index in [1.165, 1.54) is 0 Å². The topological polar surface area (TPSA) is 123 Å². The van der Waals surface area contributed by atoms with Crippen molar-refractivity contribution in [3.63, 3.8) is 0 Å². The van der Waals surface area contributed by atoms with Gasteiger partial charge in [-0.25, -0.2) is 10.2 Å². The van der Waals surface area contributed by atoms with E-state index in [0.29, 0.717) is 0 Å². The normalized spacial score (nSPS) is 11.3. The minimum atomic E-state index is -0.788. The van der Waals surface area contributed by atoms with Gasteiger partial charge in [-0.3, -0.25) is 10.1 Å². The molecule has 0 spiro atoms. The van der Waals surface area contributed by atoms with Crippen molar-refractivity contribution in [3.8, 4) is 11.5 Å². The molecular weight excluding hydrogens is 306 g/mol. The van der Waals surface area contributed by atoms with Crippen LogP contribution < -0.4 is 10.2 Å². The lowest BCUT2D eigenvalue weighted by Crippen LogP contribution is -2.29. The first-order valence-corrected chi connectivity index (χ1v) is 6.80. The highest BCUT2D eigenvalue weighted by Gasteiger charge is 2.17. The van der Waals surface area contributed by atoms with E-state index in [1.54, 1.807) is 27.7 Å². The van der Waals surface area contributed by atoms with Gasteiger partial charge < -0.3 is 14.6 Å². The number of amides is 1. The molecule has 0 heterocycles. The monoisotopic (exact) mass is 325 g/mol. The maximum atomic E-state index is 11.4. The Labute approximate surface area is 133 Å². The van der Waals surface area contributed by atoms with Gasteiger partial charge in [-0.05, 0) is 27.7 Å². The first kappa shape index (κ1) is 18.2. The summed E-state index contributed by atoms with van der Waals surface area (Å²) in [6, 6.07) is 2.22. The Morgan fingerprint density at radius 1 is 1.48 bits per heavy atom.